The summed E-state index contributed by atoms with van der Waals surface area (Å²) in [7, 11) is 0. The van der Waals surface area contributed by atoms with Gasteiger partial charge in [-0.3, -0.25) is 10.1 Å². The lowest BCUT2D eigenvalue weighted by molar-refractivity contribution is -0.140. The summed E-state index contributed by atoms with van der Waals surface area (Å²) in [6, 6.07) is -0.516. The van der Waals surface area contributed by atoms with Gasteiger partial charge in [0.1, 0.15) is 16.5 Å². The van der Waals surface area contributed by atoms with E-state index in [-0.39, 0.29) is 0 Å². The van der Waals surface area contributed by atoms with Gasteiger partial charge in [0, 0.05) is 0 Å². The Balaban J connectivity index is 2.27. The second-order valence-electron chi connectivity index (χ2n) is 2.88. The lowest BCUT2D eigenvalue weighted by Crippen LogP contribution is -2.44. The van der Waals surface area contributed by atoms with Crippen LogP contribution >= 0.6 is 15.9 Å². The third kappa shape index (κ3) is 1.47. The summed E-state index contributed by atoms with van der Waals surface area (Å²) >= 11 is 3.31. The van der Waals surface area contributed by atoms with E-state index >= 15 is 0 Å². The SMILES string of the molecule is O=C(O)C1Cn2c(Br)cnc2CN1. The fourth-order valence-electron chi connectivity index (χ4n) is 1.35. The van der Waals surface area contributed by atoms with E-state index in [0.717, 1.165) is 10.4 Å². The maximum Gasteiger partial charge on any atom is 0.322 e. The monoisotopic (exact) mass is 245 g/mol. The molecule has 1 aromatic rings. The number of nitrogens with zero attached hydrogens (tertiary/aromatic N) is 2. The molecule has 0 amide bonds. The summed E-state index contributed by atoms with van der Waals surface area (Å²) in [4.78, 5) is 14.8. The molecule has 13 heavy (non-hydrogen) atoms. The molecule has 2 N–H and O–H groups in total. The number of nitrogens with one attached hydrogen (secondary N) is 1. The molecule has 2 rings (SSSR count). The third-order valence-electron chi connectivity index (χ3n) is 2.06. The van der Waals surface area contributed by atoms with Crippen molar-refractivity contribution < 1.29 is 9.90 Å². The van der Waals surface area contributed by atoms with Crippen LogP contribution in [0.15, 0.2) is 10.8 Å². The van der Waals surface area contributed by atoms with E-state index in [2.05, 4.69) is 26.2 Å². The molecule has 1 atom stereocenters. The van der Waals surface area contributed by atoms with Gasteiger partial charge in [-0.25, -0.2) is 4.98 Å². The van der Waals surface area contributed by atoms with Crippen molar-refractivity contribution in [1.82, 2.24) is 14.9 Å². The molecule has 0 bridgehead atoms. The first-order valence-electron chi connectivity index (χ1n) is 3.84. The summed E-state index contributed by atoms with van der Waals surface area (Å²) in [5.41, 5.74) is 0. The standard InChI is InChI=1S/C7H8BrN3O2/c8-5-1-10-6-2-9-4(7(12)13)3-11(5)6/h1,4,9H,2-3H2,(H,12,13). The van der Waals surface area contributed by atoms with Crippen molar-refractivity contribution in [3.8, 4) is 0 Å². The molecule has 0 spiro atoms. The Labute approximate surface area is 82.9 Å². The van der Waals surface area contributed by atoms with Crippen molar-refractivity contribution in [2.75, 3.05) is 0 Å². The smallest absolute Gasteiger partial charge is 0.322 e. The van der Waals surface area contributed by atoms with Crippen LogP contribution < -0.4 is 5.32 Å². The molecule has 5 nitrogen and oxygen atoms in total. The van der Waals surface area contributed by atoms with E-state index < -0.39 is 12.0 Å². The minimum atomic E-state index is -0.828. The number of aliphatic carboxylic acids is 1. The fourth-order valence-corrected chi connectivity index (χ4v) is 1.80. The maximum atomic E-state index is 10.7. The second-order valence-corrected chi connectivity index (χ2v) is 3.69. The molecule has 1 aliphatic rings. The molecule has 0 saturated carbocycles. The zero-order chi connectivity index (χ0) is 9.42. The Hall–Kier alpha value is -0.880. The van der Waals surface area contributed by atoms with Crippen molar-refractivity contribution in [2.24, 2.45) is 0 Å². The molecule has 1 aliphatic heterocycles. The number of carboxylic acid groups (broad SMARTS) is 1. The predicted octanol–water partition coefficient (Wildman–Crippen LogP) is 0.202. The summed E-state index contributed by atoms with van der Waals surface area (Å²) < 4.78 is 2.69. The summed E-state index contributed by atoms with van der Waals surface area (Å²) in [5, 5.41) is 11.7. The Morgan fingerprint density at radius 3 is 3.31 bits per heavy atom. The topological polar surface area (TPSA) is 67.1 Å². The molecule has 0 aromatic carbocycles. The lowest BCUT2D eigenvalue weighted by atomic mass is 10.2. The molecule has 1 unspecified atom stereocenters. The van der Waals surface area contributed by atoms with E-state index in [9.17, 15) is 4.79 Å². The molecule has 0 aliphatic carbocycles. The van der Waals surface area contributed by atoms with Crippen LogP contribution in [0.4, 0.5) is 0 Å². The number of imidazole rings is 1. The van der Waals surface area contributed by atoms with E-state index in [0.29, 0.717) is 13.1 Å². The second kappa shape index (κ2) is 3.12. The first kappa shape index (κ1) is 8.71. The zero-order valence-electron chi connectivity index (χ0n) is 6.70. The molecule has 6 heteroatoms. The van der Waals surface area contributed by atoms with Crippen molar-refractivity contribution in [2.45, 2.75) is 19.1 Å². The number of carboxylic acids is 1. The lowest BCUT2D eigenvalue weighted by Gasteiger charge is -2.22. The zero-order valence-corrected chi connectivity index (χ0v) is 8.28. The van der Waals surface area contributed by atoms with Crippen LogP contribution in [0.2, 0.25) is 0 Å². The summed E-state index contributed by atoms with van der Waals surface area (Å²) in [6.07, 6.45) is 1.68. The Morgan fingerprint density at radius 2 is 2.62 bits per heavy atom. The first-order valence-corrected chi connectivity index (χ1v) is 4.64. The van der Waals surface area contributed by atoms with Crippen LogP contribution in [0.3, 0.4) is 0 Å². The normalized spacial score (nSPS) is 21.2. The number of rotatable bonds is 1. The third-order valence-corrected chi connectivity index (χ3v) is 2.69. The van der Waals surface area contributed by atoms with Gasteiger partial charge in [-0.15, -0.1) is 0 Å². The van der Waals surface area contributed by atoms with Crippen LogP contribution in [-0.2, 0) is 17.9 Å². The number of fused-ring (bicyclic) bond motifs is 1. The van der Waals surface area contributed by atoms with Crippen molar-refractivity contribution in [1.29, 1.82) is 0 Å². The van der Waals surface area contributed by atoms with Crippen molar-refractivity contribution in [3.05, 3.63) is 16.6 Å². The van der Waals surface area contributed by atoms with Gasteiger partial charge in [0.2, 0.25) is 0 Å². The number of aromatic nitrogens is 2. The highest BCUT2D eigenvalue weighted by atomic mass is 79.9. The molecular formula is C7H8BrN3O2. The van der Waals surface area contributed by atoms with E-state index in [1.807, 2.05) is 4.57 Å². The van der Waals surface area contributed by atoms with E-state index in [1.165, 1.54) is 0 Å². The Morgan fingerprint density at radius 1 is 1.85 bits per heavy atom. The highest BCUT2D eigenvalue weighted by molar-refractivity contribution is 9.10. The van der Waals surface area contributed by atoms with Gasteiger partial charge >= 0.3 is 5.97 Å². The Kier molecular flexibility index (Phi) is 2.09. The van der Waals surface area contributed by atoms with E-state index in [4.69, 9.17) is 5.11 Å². The van der Waals surface area contributed by atoms with Gasteiger partial charge in [-0.05, 0) is 15.9 Å². The minimum absolute atomic E-state index is 0.422. The van der Waals surface area contributed by atoms with Crippen LogP contribution in [0.5, 0.6) is 0 Å². The number of hydrogen-bond donors (Lipinski definition) is 2. The van der Waals surface area contributed by atoms with Gasteiger partial charge in [0.25, 0.3) is 0 Å². The van der Waals surface area contributed by atoms with Crippen LogP contribution in [0.25, 0.3) is 0 Å². The number of hydrogen-bond acceptors (Lipinski definition) is 3. The molecule has 70 valence electrons. The quantitative estimate of drug-likeness (QED) is 0.742. The maximum absolute atomic E-state index is 10.7. The molecule has 0 saturated heterocycles. The number of halogens is 1. The number of carbonyl (C=O) groups is 1. The van der Waals surface area contributed by atoms with E-state index in [1.54, 1.807) is 6.20 Å². The summed E-state index contributed by atoms with van der Waals surface area (Å²) in [6.45, 7) is 0.924. The molecule has 2 heterocycles. The minimum Gasteiger partial charge on any atom is -0.480 e. The molecule has 0 radical (unpaired) electrons. The largest absolute Gasteiger partial charge is 0.480 e. The molecular weight excluding hydrogens is 238 g/mol. The average Bonchev–Trinajstić information content (AvgIpc) is 2.47. The van der Waals surface area contributed by atoms with Crippen molar-refractivity contribution in [3.63, 3.8) is 0 Å². The average molecular weight is 246 g/mol. The first-order chi connectivity index (χ1) is 6.18. The van der Waals surface area contributed by atoms with Gasteiger partial charge in [-0.2, -0.15) is 0 Å². The van der Waals surface area contributed by atoms with Gasteiger partial charge in [0.15, 0.2) is 0 Å². The Bertz CT molecular complexity index is 350. The highest BCUT2D eigenvalue weighted by Crippen LogP contribution is 2.16. The fraction of sp³-hybridized carbons (Fsp3) is 0.429. The molecule has 0 fully saturated rings. The van der Waals surface area contributed by atoms with Gasteiger partial charge in [-0.1, -0.05) is 0 Å². The van der Waals surface area contributed by atoms with Crippen LogP contribution in [-0.4, -0.2) is 26.7 Å². The van der Waals surface area contributed by atoms with Crippen molar-refractivity contribution >= 4 is 21.9 Å². The van der Waals surface area contributed by atoms with Crippen LogP contribution in [0, 0.1) is 0 Å². The highest BCUT2D eigenvalue weighted by Gasteiger charge is 2.24. The molecule has 1 aromatic heterocycles. The van der Waals surface area contributed by atoms with Gasteiger partial charge < -0.3 is 9.67 Å². The predicted molar refractivity (Wildman–Crippen MR) is 48.2 cm³/mol. The summed E-state index contributed by atoms with van der Waals surface area (Å²) in [5.74, 6) is 0.0376. The van der Waals surface area contributed by atoms with Gasteiger partial charge in [0.05, 0.1) is 19.3 Å². The van der Waals surface area contributed by atoms with Crippen LogP contribution in [0.1, 0.15) is 5.82 Å².